The van der Waals surface area contributed by atoms with Crippen LogP contribution in [-0.4, -0.2) is 44.0 Å². The van der Waals surface area contributed by atoms with Crippen molar-refractivity contribution in [1.82, 2.24) is 4.72 Å². The molecule has 146 valence electrons. The molecule has 26 heavy (non-hydrogen) atoms. The van der Waals surface area contributed by atoms with Crippen LogP contribution in [0.5, 0.6) is 0 Å². The zero-order valence-corrected chi connectivity index (χ0v) is 17.1. The highest BCUT2D eigenvalue weighted by Crippen LogP contribution is 2.37. The highest BCUT2D eigenvalue weighted by Gasteiger charge is 2.52. The van der Waals surface area contributed by atoms with Crippen molar-refractivity contribution in [2.24, 2.45) is 0 Å². The molecule has 1 heterocycles. The summed E-state index contributed by atoms with van der Waals surface area (Å²) in [6.45, 7) is 11.8. The van der Waals surface area contributed by atoms with E-state index in [0.717, 1.165) is 6.07 Å². The van der Waals surface area contributed by atoms with E-state index in [2.05, 4.69) is 4.72 Å². The minimum atomic E-state index is -4.00. The summed E-state index contributed by atoms with van der Waals surface area (Å²) in [5, 5.41) is 9.73. The second kappa shape index (κ2) is 6.56. The maximum absolute atomic E-state index is 14.4. The number of rotatable bonds is 5. The smallest absolute Gasteiger partial charge is 0.399 e. The molecule has 9 heteroatoms. The van der Waals surface area contributed by atoms with E-state index >= 15 is 0 Å². The van der Waals surface area contributed by atoms with Crippen LogP contribution < -0.4 is 10.2 Å². The standard InChI is InChI=1S/C17H27BFNO5S/c1-11-13(18-24-16(4,5)17(6,7)25-18)8-12(9-14(11)19)26(22,23)20-10-15(2,3)21/h8-9,20-21H,10H2,1-7H3. The molecule has 0 atom stereocenters. The fraction of sp³-hybridized carbons (Fsp3) is 0.647. The summed E-state index contributed by atoms with van der Waals surface area (Å²) in [5.41, 5.74) is -1.90. The second-order valence-corrected chi connectivity index (χ2v) is 10.1. The third kappa shape index (κ3) is 4.28. The number of benzene rings is 1. The fourth-order valence-electron chi connectivity index (χ4n) is 2.40. The van der Waals surface area contributed by atoms with Gasteiger partial charge in [0.25, 0.3) is 0 Å². The third-order valence-electron chi connectivity index (χ3n) is 4.87. The molecule has 2 N–H and O–H groups in total. The van der Waals surface area contributed by atoms with Gasteiger partial charge in [-0.25, -0.2) is 17.5 Å². The number of halogens is 1. The summed E-state index contributed by atoms with van der Waals surface area (Å²) in [7, 11) is -4.88. The van der Waals surface area contributed by atoms with E-state index in [1.165, 1.54) is 19.9 Å². The van der Waals surface area contributed by atoms with E-state index in [1.54, 1.807) is 6.92 Å². The van der Waals surface area contributed by atoms with Crippen molar-refractivity contribution in [3.05, 3.63) is 23.5 Å². The first-order valence-electron chi connectivity index (χ1n) is 8.43. The van der Waals surface area contributed by atoms with Crippen molar-refractivity contribution >= 4 is 22.6 Å². The van der Waals surface area contributed by atoms with Crippen LogP contribution in [0.25, 0.3) is 0 Å². The zero-order valence-electron chi connectivity index (χ0n) is 16.3. The van der Waals surface area contributed by atoms with Gasteiger partial charge in [-0.15, -0.1) is 0 Å². The van der Waals surface area contributed by atoms with Crippen molar-refractivity contribution in [2.75, 3.05) is 6.54 Å². The largest absolute Gasteiger partial charge is 0.495 e. The first-order chi connectivity index (χ1) is 11.6. The predicted molar refractivity (Wildman–Crippen MR) is 98.3 cm³/mol. The number of hydrogen-bond donors (Lipinski definition) is 2. The first kappa shape index (κ1) is 21.3. The normalized spacial score (nSPS) is 19.8. The van der Waals surface area contributed by atoms with Gasteiger partial charge < -0.3 is 14.4 Å². The molecular formula is C17H27BFNO5S. The van der Waals surface area contributed by atoms with Crippen molar-refractivity contribution in [2.45, 2.75) is 70.2 Å². The fourth-order valence-corrected chi connectivity index (χ4v) is 3.65. The molecule has 2 rings (SSSR count). The minimum absolute atomic E-state index is 0.198. The van der Waals surface area contributed by atoms with Gasteiger partial charge in [0.15, 0.2) is 0 Å². The Morgan fingerprint density at radius 1 is 1.19 bits per heavy atom. The van der Waals surface area contributed by atoms with E-state index < -0.39 is 39.8 Å². The molecule has 0 aliphatic carbocycles. The summed E-state index contributed by atoms with van der Waals surface area (Å²) in [5.74, 6) is -0.666. The summed E-state index contributed by atoms with van der Waals surface area (Å²) >= 11 is 0. The van der Waals surface area contributed by atoms with E-state index in [1.807, 2.05) is 27.7 Å². The van der Waals surface area contributed by atoms with Crippen LogP contribution in [0.15, 0.2) is 17.0 Å². The number of hydrogen-bond acceptors (Lipinski definition) is 5. The first-order valence-corrected chi connectivity index (χ1v) is 9.92. The molecular weight excluding hydrogens is 360 g/mol. The lowest BCUT2D eigenvalue weighted by Crippen LogP contribution is -2.41. The average molecular weight is 387 g/mol. The van der Waals surface area contributed by atoms with E-state index in [-0.39, 0.29) is 17.0 Å². The summed E-state index contributed by atoms with van der Waals surface area (Å²) in [6, 6.07) is 2.31. The van der Waals surface area contributed by atoms with E-state index in [9.17, 15) is 17.9 Å². The molecule has 6 nitrogen and oxygen atoms in total. The van der Waals surface area contributed by atoms with Crippen LogP contribution >= 0.6 is 0 Å². The van der Waals surface area contributed by atoms with Gasteiger partial charge in [-0.05, 0) is 71.6 Å². The van der Waals surface area contributed by atoms with Gasteiger partial charge >= 0.3 is 7.12 Å². The van der Waals surface area contributed by atoms with Crippen LogP contribution in [-0.2, 0) is 19.3 Å². The molecule has 1 fully saturated rings. The van der Waals surface area contributed by atoms with Gasteiger partial charge in [0.2, 0.25) is 10.0 Å². The monoisotopic (exact) mass is 387 g/mol. The van der Waals surface area contributed by atoms with E-state index in [0.29, 0.717) is 5.46 Å². The maximum atomic E-state index is 14.4. The minimum Gasteiger partial charge on any atom is -0.399 e. The molecule has 1 saturated heterocycles. The van der Waals surface area contributed by atoms with Gasteiger partial charge in [-0.2, -0.15) is 0 Å². The van der Waals surface area contributed by atoms with Crippen LogP contribution in [0.3, 0.4) is 0 Å². The summed E-state index contributed by atoms with van der Waals surface area (Å²) in [6.07, 6.45) is 0. The van der Waals surface area contributed by atoms with Gasteiger partial charge in [0.05, 0.1) is 21.7 Å². The Morgan fingerprint density at radius 2 is 1.69 bits per heavy atom. The lowest BCUT2D eigenvalue weighted by molar-refractivity contribution is 0.00578. The Morgan fingerprint density at radius 3 is 2.15 bits per heavy atom. The Bertz CT molecular complexity index is 786. The Kier molecular flexibility index (Phi) is 5.38. The molecule has 0 amide bonds. The molecule has 0 unspecified atom stereocenters. The maximum Gasteiger partial charge on any atom is 0.495 e. The van der Waals surface area contributed by atoms with Gasteiger partial charge in [0, 0.05) is 6.54 Å². The number of sulfonamides is 1. The topological polar surface area (TPSA) is 84.9 Å². The van der Waals surface area contributed by atoms with Crippen LogP contribution in [0.2, 0.25) is 0 Å². The number of nitrogens with one attached hydrogen (secondary N) is 1. The van der Waals surface area contributed by atoms with Crippen molar-refractivity contribution in [3.8, 4) is 0 Å². The highest BCUT2D eigenvalue weighted by atomic mass is 32.2. The lowest BCUT2D eigenvalue weighted by Gasteiger charge is -2.32. The summed E-state index contributed by atoms with van der Waals surface area (Å²) < 4.78 is 53.6. The van der Waals surface area contributed by atoms with Crippen molar-refractivity contribution < 1.29 is 27.2 Å². The SMILES string of the molecule is Cc1c(F)cc(S(=O)(=O)NCC(C)(C)O)cc1B1OC(C)(C)C(C)(C)O1. The second-order valence-electron chi connectivity index (χ2n) is 8.34. The van der Waals surface area contributed by atoms with E-state index in [4.69, 9.17) is 9.31 Å². The van der Waals surface area contributed by atoms with Crippen molar-refractivity contribution in [3.63, 3.8) is 0 Å². The Labute approximate surface area is 155 Å². The summed E-state index contributed by atoms with van der Waals surface area (Å²) in [4.78, 5) is -0.241. The van der Waals surface area contributed by atoms with Gasteiger partial charge in [-0.3, -0.25) is 0 Å². The van der Waals surface area contributed by atoms with Gasteiger partial charge in [-0.1, -0.05) is 0 Å². The molecule has 0 radical (unpaired) electrons. The number of aliphatic hydroxyl groups is 1. The molecule has 0 saturated carbocycles. The molecule has 1 aliphatic heterocycles. The Hall–Kier alpha value is -0.995. The molecule has 0 spiro atoms. The van der Waals surface area contributed by atoms with Crippen LogP contribution in [0.4, 0.5) is 4.39 Å². The van der Waals surface area contributed by atoms with Crippen molar-refractivity contribution in [1.29, 1.82) is 0 Å². The molecule has 1 aliphatic rings. The molecule has 1 aromatic carbocycles. The third-order valence-corrected chi connectivity index (χ3v) is 6.25. The zero-order chi connectivity index (χ0) is 20.1. The quantitative estimate of drug-likeness (QED) is 0.748. The highest BCUT2D eigenvalue weighted by molar-refractivity contribution is 7.89. The lowest BCUT2D eigenvalue weighted by atomic mass is 9.76. The van der Waals surface area contributed by atoms with Crippen LogP contribution in [0.1, 0.15) is 47.1 Å². The predicted octanol–water partition coefficient (Wildman–Crippen LogP) is 1.48. The molecule has 1 aromatic rings. The average Bonchev–Trinajstić information content (AvgIpc) is 2.67. The Balaban J connectivity index is 2.42. The molecule has 0 aromatic heterocycles. The van der Waals surface area contributed by atoms with Gasteiger partial charge in [0.1, 0.15) is 5.82 Å². The van der Waals surface area contributed by atoms with Crippen LogP contribution in [0, 0.1) is 12.7 Å². The molecule has 0 bridgehead atoms.